The fourth-order valence-electron chi connectivity index (χ4n) is 3.35. The van der Waals surface area contributed by atoms with Gasteiger partial charge in [-0.05, 0) is 34.8 Å². The van der Waals surface area contributed by atoms with Gasteiger partial charge >= 0.3 is 0 Å². The summed E-state index contributed by atoms with van der Waals surface area (Å²) < 4.78 is 19.5. The predicted octanol–water partition coefficient (Wildman–Crippen LogP) is 3.14. The molecule has 1 aromatic carbocycles. The largest absolute Gasteiger partial charge is 0.381 e. The molecule has 0 unspecified atom stereocenters. The maximum absolute atomic E-state index is 13.7. The van der Waals surface area contributed by atoms with Gasteiger partial charge in [-0.1, -0.05) is 0 Å². The molecule has 1 spiro atoms. The second kappa shape index (κ2) is 4.48. The summed E-state index contributed by atoms with van der Waals surface area (Å²) in [6.45, 7) is 1.11. The molecule has 1 N–H and O–H groups in total. The number of aromatic nitrogens is 1. The molecule has 6 heteroatoms. The van der Waals surface area contributed by atoms with Gasteiger partial charge in [-0.2, -0.15) is 0 Å². The van der Waals surface area contributed by atoms with E-state index < -0.39 is 5.41 Å². The number of nitrogens with zero attached hydrogens (tertiary/aromatic N) is 1. The molecule has 2 aliphatic rings. The number of hydrogen-bond acceptors (Lipinski definition) is 3. The van der Waals surface area contributed by atoms with Crippen molar-refractivity contribution < 1.29 is 13.9 Å². The van der Waals surface area contributed by atoms with Gasteiger partial charge in [-0.15, -0.1) is 0 Å². The van der Waals surface area contributed by atoms with Crippen molar-refractivity contribution in [3.8, 4) is 0 Å². The number of pyridine rings is 1. The quantitative estimate of drug-likeness (QED) is 0.794. The Morgan fingerprint density at radius 2 is 2.10 bits per heavy atom. The van der Waals surface area contributed by atoms with Crippen molar-refractivity contribution >= 4 is 38.4 Å². The van der Waals surface area contributed by atoms with Crippen LogP contribution < -0.4 is 5.32 Å². The first kappa shape index (κ1) is 13.2. The molecule has 0 radical (unpaired) electrons. The Kier molecular flexibility index (Phi) is 2.81. The van der Waals surface area contributed by atoms with Crippen LogP contribution in [0.4, 0.5) is 10.1 Å². The highest BCUT2D eigenvalue weighted by atomic mass is 79.9. The maximum atomic E-state index is 13.7. The van der Waals surface area contributed by atoms with Gasteiger partial charge in [0.1, 0.15) is 5.82 Å². The van der Waals surface area contributed by atoms with Gasteiger partial charge in [0, 0.05) is 30.2 Å². The normalized spacial score (nSPS) is 19.8. The summed E-state index contributed by atoms with van der Waals surface area (Å²) in [6.07, 6.45) is 2.90. The van der Waals surface area contributed by atoms with Gasteiger partial charge in [-0.3, -0.25) is 9.78 Å². The smallest absolute Gasteiger partial charge is 0.235 e. The van der Waals surface area contributed by atoms with Crippen molar-refractivity contribution in [3.63, 3.8) is 0 Å². The van der Waals surface area contributed by atoms with Gasteiger partial charge in [0.25, 0.3) is 0 Å². The molecule has 0 bridgehead atoms. The monoisotopic (exact) mass is 350 g/mol. The Hall–Kier alpha value is -1.53. The van der Waals surface area contributed by atoms with Gasteiger partial charge in [0.15, 0.2) is 0 Å². The molecule has 4 rings (SSSR count). The third-order valence-corrected chi connectivity index (χ3v) is 5.03. The summed E-state index contributed by atoms with van der Waals surface area (Å²) in [4.78, 5) is 16.8. The molecule has 21 heavy (non-hydrogen) atoms. The van der Waals surface area contributed by atoms with E-state index in [2.05, 4.69) is 26.2 Å². The minimum absolute atomic E-state index is 0.00412. The van der Waals surface area contributed by atoms with Crippen LogP contribution in [0.3, 0.4) is 0 Å². The second-order valence-corrected chi connectivity index (χ2v) is 6.33. The molecule has 2 aromatic rings. The Bertz CT molecular complexity index is 772. The molecule has 0 atom stereocenters. The van der Waals surface area contributed by atoms with Crippen LogP contribution in [0.1, 0.15) is 18.4 Å². The van der Waals surface area contributed by atoms with Crippen LogP contribution in [0.15, 0.2) is 22.8 Å². The van der Waals surface area contributed by atoms with Crippen LogP contribution in [0, 0.1) is 5.82 Å². The zero-order valence-corrected chi connectivity index (χ0v) is 12.7. The lowest BCUT2D eigenvalue weighted by Crippen LogP contribution is -2.40. The first-order chi connectivity index (χ1) is 10.1. The summed E-state index contributed by atoms with van der Waals surface area (Å²) >= 11 is 3.22. The average Bonchev–Trinajstić information content (AvgIpc) is 2.74. The van der Waals surface area contributed by atoms with E-state index in [9.17, 15) is 9.18 Å². The zero-order valence-electron chi connectivity index (χ0n) is 11.1. The van der Waals surface area contributed by atoms with Gasteiger partial charge in [-0.25, -0.2) is 4.39 Å². The molecule has 4 nitrogen and oxygen atoms in total. The number of hydrogen-bond donors (Lipinski definition) is 1. The van der Waals surface area contributed by atoms with E-state index in [1.54, 1.807) is 12.3 Å². The number of benzene rings is 1. The van der Waals surface area contributed by atoms with Crippen molar-refractivity contribution in [1.29, 1.82) is 0 Å². The van der Waals surface area contributed by atoms with E-state index in [1.165, 1.54) is 6.07 Å². The van der Waals surface area contributed by atoms with E-state index >= 15 is 0 Å². The number of ether oxygens (including phenoxy) is 1. The van der Waals surface area contributed by atoms with Crippen molar-refractivity contribution in [2.45, 2.75) is 18.3 Å². The van der Waals surface area contributed by atoms with Crippen LogP contribution in [-0.2, 0) is 14.9 Å². The number of rotatable bonds is 0. The molecule has 1 aromatic heterocycles. The second-order valence-electron chi connectivity index (χ2n) is 5.48. The Balaban J connectivity index is 2.04. The number of carbonyl (C=O) groups is 1. The molecule has 2 aliphatic heterocycles. The number of nitrogens with one attached hydrogen (secondary N) is 1. The first-order valence-corrected chi connectivity index (χ1v) is 7.58. The highest BCUT2D eigenvalue weighted by molar-refractivity contribution is 9.10. The highest BCUT2D eigenvalue weighted by Gasteiger charge is 2.48. The minimum atomic E-state index is -0.577. The first-order valence-electron chi connectivity index (χ1n) is 6.79. The fraction of sp³-hybridized carbons (Fsp3) is 0.333. The maximum Gasteiger partial charge on any atom is 0.235 e. The summed E-state index contributed by atoms with van der Waals surface area (Å²) in [5.41, 5.74) is 1.65. The molecule has 108 valence electrons. The van der Waals surface area contributed by atoms with Crippen LogP contribution in [0.25, 0.3) is 10.9 Å². The molecule has 3 heterocycles. The van der Waals surface area contributed by atoms with E-state index in [-0.39, 0.29) is 11.7 Å². The molecular formula is C15H12BrFN2O2. The van der Waals surface area contributed by atoms with Gasteiger partial charge < -0.3 is 10.1 Å². The van der Waals surface area contributed by atoms with Crippen LogP contribution in [-0.4, -0.2) is 24.1 Å². The number of anilines is 1. The topological polar surface area (TPSA) is 51.2 Å². The lowest BCUT2D eigenvalue weighted by Gasteiger charge is -2.32. The van der Waals surface area contributed by atoms with Crippen molar-refractivity contribution in [1.82, 2.24) is 4.98 Å². The summed E-state index contributed by atoms with van der Waals surface area (Å²) in [6, 6.07) is 3.11. The summed E-state index contributed by atoms with van der Waals surface area (Å²) in [5, 5.41) is 3.74. The lowest BCUT2D eigenvalue weighted by atomic mass is 9.74. The standard InChI is InChI=1S/C15H12BrFN2O2/c16-9-5-8-11(6-10(9)17)18-7-12-13(8)15(14(20)19-12)1-3-21-4-2-15/h5-7H,1-4H2,(H,19,20). The Labute approximate surface area is 128 Å². The van der Waals surface area contributed by atoms with Gasteiger partial charge in [0.2, 0.25) is 5.91 Å². The summed E-state index contributed by atoms with van der Waals surface area (Å²) in [7, 11) is 0. The van der Waals surface area contributed by atoms with E-state index in [0.29, 0.717) is 36.0 Å². The van der Waals surface area contributed by atoms with Crippen molar-refractivity contribution in [3.05, 3.63) is 34.2 Å². The van der Waals surface area contributed by atoms with Gasteiger partial charge in [0.05, 0.1) is 27.3 Å². The van der Waals surface area contributed by atoms with Crippen molar-refractivity contribution in [2.75, 3.05) is 18.5 Å². The minimum Gasteiger partial charge on any atom is -0.381 e. The molecule has 1 amide bonds. The lowest BCUT2D eigenvalue weighted by molar-refractivity contribution is -0.124. The number of fused-ring (bicyclic) bond motifs is 4. The number of amides is 1. The molecule has 0 saturated carbocycles. The zero-order chi connectivity index (χ0) is 14.6. The highest BCUT2D eigenvalue weighted by Crippen LogP contribution is 2.47. The van der Waals surface area contributed by atoms with Crippen LogP contribution in [0.5, 0.6) is 0 Å². The number of halogens is 2. The SMILES string of the molecule is O=C1Nc2cnc3cc(F)c(Br)cc3c2C12CCOCC2. The van der Waals surface area contributed by atoms with Crippen LogP contribution >= 0.6 is 15.9 Å². The van der Waals surface area contributed by atoms with E-state index in [0.717, 1.165) is 16.6 Å². The summed E-state index contributed by atoms with van der Waals surface area (Å²) in [5.74, 6) is -0.358. The van der Waals surface area contributed by atoms with Crippen molar-refractivity contribution in [2.24, 2.45) is 0 Å². The number of carbonyl (C=O) groups excluding carboxylic acids is 1. The third-order valence-electron chi connectivity index (χ3n) is 4.42. The molecule has 1 saturated heterocycles. The van der Waals surface area contributed by atoms with E-state index in [1.807, 2.05) is 0 Å². The molecular weight excluding hydrogens is 339 g/mol. The molecule has 1 fully saturated rings. The Morgan fingerprint density at radius 3 is 2.86 bits per heavy atom. The fourth-order valence-corrected chi connectivity index (χ4v) is 3.69. The predicted molar refractivity (Wildman–Crippen MR) is 79.8 cm³/mol. The van der Waals surface area contributed by atoms with Crippen LogP contribution in [0.2, 0.25) is 0 Å². The average molecular weight is 351 g/mol. The molecule has 0 aliphatic carbocycles. The van der Waals surface area contributed by atoms with E-state index in [4.69, 9.17) is 4.74 Å². The third kappa shape index (κ3) is 1.75. The Morgan fingerprint density at radius 1 is 1.33 bits per heavy atom.